The van der Waals surface area contributed by atoms with Crippen LogP contribution in [-0.2, 0) is 43.4 Å². The number of aromatic nitrogens is 4. The largest absolute Gasteiger partial charge is 0.339 e. The van der Waals surface area contributed by atoms with Crippen molar-refractivity contribution < 1.29 is 37.0 Å². The van der Waals surface area contributed by atoms with Gasteiger partial charge in [-0.25, -0.2) is 8.78 Å². The van der Waals surface area contributed by atoms with Crippen LogP contribution in [0.4, 0.5) is 8.78 Å². The fourth-order valence-electron chi connectivity index (χ4n) is 21.5. The normalized spacial score (nSPS) is 46.6. The van der Waals surface area contributed by atoms with E-state index in [1.807, 2.05) is 31.2 Å². The molecule has 14 heteroatoms. The molecule has 420 valence electrons. The van der Waals surface area contributed by atoms with Crippen LogP contribution in [0, 0.1) is 113 Å². The summed E-state index contributed by atoms with van der Waals surface area (Å²) >= 11 is 0. The molecular formula is C65H80F2N6O6. The number of ketones is 4. The van der Waals surface area contributed by atoms with Crippen molar-refractivity contribution in [3.05, 3.63) is 70.0 Å². The van der Waals surface area contributed by atoms with E-state index in [1.165, 1.54) is 0 Å². The Morgan fingerprint density at radius 2 is 1.09 bits per heavy atom. The van der Waals surface area contributed by atoms with Gasteiger partial charge in [0, 0.05) is 34.0 Å². The smallest absolute Gasteiger partial charge is 0.233 e. The van der Waals surface area contributed by atoms with Gasteiger partial charge in [-0.05, 0) is 171 Å². The number of Topliss-reactive ketones (excluding diaryl/α,β-unsaturated/α-hetero) is 2. The highest BCUT2D eigenvalue weighted by Gasteiger charge is 2.73. The SMILES string of the molecule is C[C@@H]1C(=O)C(C#N)=C[C@]2(C)C3=CC(=O)[C@@H]4[C@@H]5CC(C)(CCC6(C)C(=O)C(C#N)=C[C@]7(C)C8=CC(=O)[C@@H]9[C@@H]%10CC(C)(C)CC[C@]%10(c%10nc(CF)no%10)CC[C@@]9(C)[C@]8(C)CC[C@@H]67)CC[C@]5(c5nc(CF)no5)CC[C@@]4(C)[C@]3(C)CC[C@@H]12. The van der Waals surface area contributed by atoms with E-state index in [2.05, 4.69) is 96.7 Å². The number of halogens is 2. The molecule has 2 aromatic heterocycles. The van der Waals surface area contributed by atoms with Gasteiger partial charge < -0.3 is 9.05 Å². The fourth-order valence-corrected chi connectivity index (χ4v) is 21.5. The summed E-state index contributed by atoms with van der Waals surface area (Å²) in [5.41, 5.74) is -3.67. The molecule has 0 saturated heterocycles. The lowest BCUT2D eigenvalue weighted by atomic mass is 9.34. The van der Waals surface area contributed by atoms with Crippen LogP contribution in [0.3, 0.4) is 0 Å². The van der Waals surface area contributed by atoms with E-state index >= 15 is 14.4 Å². The Kier molecular flexibility index (Phi) is 11.8. The van der Waals surface area contributed by atoms with Crippen molar-refractivity contribution in [1.82, 2.24) is 20.3 Å². The molecule has 2 heterocycles. The van der Waals surface area contributed by atoms with Gasteiger partial charge in [-0.15, -0.1) is 0 Å². The minimum atomic E-state index is -0.964. The van der Waals surface area contributed by atoms with E-state index in [4.69, 9.17) is 14.0 Å². The monoisotopic (exact) mass is 1080 g/mol. The summed E-state index contributed by atoms with van der Waals surface area (Å²) in [6, 6.07) is 4.55. The van der Waals surface area contributed by atoms with Crippen molar-refractivity contribution in [1.29, 1.82) is 10.5 Å². The summed E-state index contributed by atoms with van der Waals surface area (Å²) in [6.45, 7) is 22.7. The Hall–Kier alpha value is -5.24. The van der Waals surface area contributed by atoms with E-state index in [1.54, 1.807) is 0 Å². The van der Waals surface area contributed by atoms with Crippen LogP contribution >= 0.6 is 0 Å². The zero-order chi connectivity index (χ0) is 56.7. The molecule has 0 aromatic carbocycles. The van der Waals surface area contributed by atoms with Crippen molar-refractivity contribution in [3.8, 4) is 12.1 Å². The first-order valence-corrected chi connectivity index (χ1v) is 29.7. The number of allylic oxidation sites excluding steroid dienone is 8. The Labute approximate surface area is 464 Å². The zero-order valence-electron chi connectivity index (χ0n) is 48.5. The molecule has 0 bridgehead atoms. The lowest BCUT2D eigenvalue weighted by Crippen LogP contribution is -2.66. The molecule has 12 rings (SSSR count). The molecule has 0 aliphatic heterocycles. The maximum absolute atomic E-state index is 15.6. The van der Waals surface area contributed by atoms with Crippen LogP contribution in [0.5, 0.6) is 0 Å². The molecule has 0 radical (unpaired) electrons. The predicted molar refractivity (Wildman–Crippen MR) is 288 cm³/mol. The molecule has 10 aliphatic rings. The molecule has 79 heavy (non-hydrogen) atoms. The summed E-state index contributed by atoms with van der Waals surface area (Å²) in [6.07, 6.45) is 19.1. The summed E-state index contributed by atoms with van der Waals surface area (Å²) in [7, 11) is 0. The molecule has 0 spiro atoms. The van der Waals surface area contributed by atoms with E-state index in [0.717, 1.165) is 75.4 Å². The second-order valence-electron chi connectivity index (χ2n) is 30.1. The molecule has 2 unspecified atom stereocenters. The molecule has 0 N–H and O–H groups in total. The lowest BCUT2D eigenvalue weighted by molar-refractivity contribution is -0.163. The number of carbonyl (C=O) groups excluding carboxylic acids is 4. The first-order chi connectivity index (χ1) is 37.1. The van der Waals surface area contributed by atoms with Gasteiger partial charge in [-0.2, -0.15) is 20.5 Å². The number of carbonyl (C=O) groups is 4. The highest BCUT2D eigenvalue weighted by atomic mass is 19.1. The molecule has 0 amide bonds. The van der Waals surface area contributed by atoms with Gasteiger partial charge in [0.05, 0.1) is 22.0 Å². The van der Waals surface area contributed by atoms with E-state index in [0.29, 0.717) is 50.3 Å². The maximum atomic E-state index is 15.6. The van der Waals surface area contributed by atoms with Crippen LogP contribution in [0.15, 0.2) is 55.6 Å². The van der Waals surface area contributed by atoms with Gasteiger partial charge in [0.2, 0.25) is 23.4 Å². The maximum Gasteiger partial charge on any atom is 0.233 e. The van der Waals surface area contributed by atoms with Crippen molar-refractivity contribution in [2.24, 2.45) is 90.2 Å². The van der Waals surface area contributed by atoms with Gasteiger partial charge in [-0.3, -0.25) is 19.2 Å². The summed E-state index contributed by atoms with van der Waals surface area (Å²) in [5, 5.41) is 29.2. The Morgan fingerprint density at radius 1 is 0.595 bits per heavy atom. The Balaban J connectivity index is 0.894. The summed E-state index contributed by atoms with van der Waals surface area (Å²) in [4.78, 5) is 69.1. The number of rotatable bonds is 7. The molecule has 12 nitrogen and oxygen atoms in total. The van der Waals surface area contributed by atoms with E-state index < -0.39 is 68.0 Å². The first-order valence-electron chi connectivity index (χ1n) is 29.7. The van der Waals surface area contributed by atoms with Crippen LogP contribution < -0.4 is 0 Å². The molecule has 2 aromatic rings. The number of fused-ring (bicyclic) bond motifs is 14. The third-order valence-electron chi connectivity index (χ3n) is 26.3. The van der Waals surface area contributed by atoms with Gasteiger partial charge >= 0.3 is 0 Å². The number of nitriles is 2. The lowest BCUT2D eigenvalue weighted by Gasteiger charge is -2.69. The van der Waals surface area contributed by atoms with Crippen LogP contribution in [0.2, 0.25) is 0 Å². The molecule has 17 atom stereocenters. The minimum absolute atomic E-state index is 0.0104. The minimum Gasteiger partial charge on any atom is -0.339 e. The summed E-state index contributed by atoms with van der Waals surface area (Å²) < 4.78 is 40.2. The van der Waals surface area contributed by atoms with Crippen molar-refractivity contribution in [2.45, 2.75) is 203 Å². The number of hydrogen-bond acceptors (Lipinski definition) is 12. The van der Waals surface area contributed by atoms with E-state index in [-0.39, 0.29) is 92.3 Å². The van der Waals surface area contributed by atoms with Crippen LogP contribution in [0.1, 0.15) is 202 Å². The second kappa shape index (κ2) is 17.2. The molecule has 10 aliphatic carbocycles. The highest BCUT2D eigenvalue weighted by molar-refractivity contribution is 6.05. The van der Waals surface area contributed by atoms with Gasteiger partial charge in [0.25, 0.3) is 0 Å². The second-order valence-corrected chi connectivity index (χ2v) is 30.1. The van der Waals surface area contributed by atoms with Crippen LogP contribution in [0.25, 0.3) is 0 Å². The third kappa shape index (κ3) is 6.90. The van der Waals surface area contributed by atoms with E-state index in [9.17, 15) is 24.1 Å². The summed E-state index contributed by atoms with van der Waals surface area (Å²) in [5.74, 6) is -1.11. The predicted octanol–water partition coefficient (Wildman–Crippen LogP) is 13.4. The van der Waals surface area contributed by atoms with Gasteiger partial charge in [0.1, 0.15) is 12.1 Å². The molecule has 6 saturated carbocycles. The number of hydrogen-bond donors (Lipinski definition) is 0. The quantitative estimate of drug-likeness (QED) is 0.255. The average molecular weight is 1080 g/mol. The topological polar surface area (TPSA) is 194 Å². The Morgan fingerprint density at radius 3 is 1.62 bits per heavy atom. The zero-order valence-corrected chi connectivity index (χ0v) is 48.5. The average Bonchev–Trinajstić information content (AvgIpc) is 1.45. The fraction of sp³-hybridized carbons (Fsp3) is 0.723. The highest BCUT2D eigenvalue weighted by Crippen LogP contribution is 2.77. The molecular weight excluding hydrogens is 999 g/mol. The van der Waals surface area contributed by atoms with Crippen molar-refractivity contribution in [3.63, 3.8) is 0 Å². The third-order valence-corrected chi connectivity index (χ3v) is 26.3. The number of nitrogens with zero attached hydrogens (tertiary/aromatic N) is 6. The van der Waals surface area contributed by atoms with Crippen molar-refractivity contribution >= 4 is 23.1 Å². The standard InChI is InChI=1S/C65H80F2N6O6/c1-36-39-12-14-60(8)45(58(39,6)28-37(34-68)51(36)76)26-42(74)50-41-31-56(4,18-23-65(41,25-21-63(50,60)11)54-71-48(33-67)73-79-54)17-19-57(5)44-13-15-61(9)46(59(44,7)29-38(35-69)52(57)77)27-43(75)49-40-30-55(2,3)16-22-64(40,24-20-62(49,61)10)53-70-47(32-66)72-78-53/h26-29,36,39-41,44,49-50H,12-25,30-33H2,1-11H3/t36-,39-,40-,41-,44-,49-,50-,56?,57?,58-,59-,60+,61+,62+,63+,64-,65-/m0/s1. The van der Waals surface area contributed by atoms with Crippen LogP contribution in [-0.4, -0.2) is 43.4 Å². The van der Waals surface area contributed by atoms with Crippen molar-refractivity contribution in [2.75, 3.05) is 0 Å². The Bertz CT molecular complexity index is 3250. The first kappa shape index (κ1) is 54.4. The van der Waals surface area contributed by atoms with Gasteiger partial charge in [-0.1, -0.05) is 110 Å². The van der Waals surface area contributed by atoms with Gasteiger partial charge in [0.15, 0.2) is 36.5 Å². The number of alkyl halides is 2. The molecule has 6 fully saturated rings.